The number of nitrogens with zero attached hydrogens (tertiary/aromatic N) is 1. The number of amides is 1. The molecule has 1 aliphatic rings. The van der Waals surface area contributed by atoms with Crippen LogP contribution in [-0.4, -0.2) is 40.6 Å². The van der Waals surface area contributed by atoms with Crippen molar-refractivity contribution in [1.82, 2.24) is 4.72 Å². The molecule has 0 unspecified atom stereocenters. The van der Waals surface area contributed by atoms with E-state index in [1.165, 1.54) is 12.1 Å². The summed E-state index contributed by atoms with van der Waals surface area (Å²) in [5.74, 6) is 0.707. The van der Waals surface area contributed by atoms with E-state index in [4.69, 9.17) is 4.74 Å². The molecule has 1 fully saturated rings. The lowest BCUT2D eigenvalue weighted by atomic mass is 10.1. The molecular weight excluding hydrogens is 390 g/mol. The van der Waals surface area contributed by atoms with Gasteiger partial charge >= 0.3 is 0 Å². The third-order valence-electron chi connectivity index (χ3n) is 5.02. The zero-order valence-corrected chi connectivity index (χ0v) is 17.5. The summed E-state index contributed by atoms with van der Waals surface area (Å²) in [6.45, 7) is 3.32. The molecule has 7 nitrogen and oxygen atoms in total. The molecule has 2 aromatic carbocycles. The predicted octanol–water partition coefficient (Wildman–Crippen LogP) is 2.99. The largest absolute Gasteiger partial charge is 0.497 e. The molecule has 0 spiro atoms. The lowest BCUT2D eigenvalue weighted by molar-refractivity contribution is -0.115. The highest BCUT2D eigenvalue weighted by Crippen LogP contribution is 2.24. The SMILES string of the molecule is CCC(=O)Nc1ccc(S(=O)(=O)NC2CCN(c3ccc(OC)cc3)CC2)cc1. The van der Waals surface area contributed by atoms with Crippen LogP contribution in [0.5, 0.6) is 5.75 Å². The Kier molecular flexibility index (Phi) is 6.76. The van der Waals surface area contributed by atoms with Gasteiger partial charge in [-0.05, 0) is 61.4 Å². The summed E-state index contributed by atoms with van der Waals surface area (Å²) in [5, 5.41) is 2.71. The van der Waals surface area contributed by atoms with Crippen molar-refractivity contribution in [3.63, 3.8) is 0 Å². The first-order valence-corrected chi connectivity index (χ1v) is 11.2. The quantitative estimate of drug-likeness (QED) is 0.723. The van der Waals surface area contributed by atoms with Crippen LogP contribution in [0.4, 0.5) is 11.4 Å². The van der Waals surface area contributed by atoms with E-state index in [1.54, 1.807) is 26.2 Å². The third-order valence-corrected chi connectivity index (χ3v) is 6.56. The molecule has 0 bridgehead atoms. The van der Waals surface area contributed by atoms with Crippen molar-refractivity contribution < 1.29 is 17.9 Å². The summed E-state index contributed by atoms with van der Waals surface area (Å²) in [6, 6.07) is 14.0. The number of sulfonamides is 1. The van der Waals surface area contributed by atoms with Gasteiger partial charge in [0.15, 0.2) is 0 Å². The van der Waals surface area contributed by atoms with E-state index in [0.29, 0.717) is 12.1 Å². The molecule has 1 heterocycles. The van der Waals surface area contributed by atoms with Crippen molar-refractivity contribution in [3.05, 3.63) is 48.5 Å². The number of nitrogens with one attached hydrogen (secondary N) is 2. The zero-order valence-electron chi connectivity index (χ0n) is 16.7. The monoisotopic (exact) mass is 417 g/mol. The molecule has 8 heteroatoms. The van der Waals surface area contributed by atoms with Crippen LogP contribution >= 0.6 is 0 Å². The summed E-state index contributed by atoms with van der Waals surface area (Å²) in [7, 11) is -1.96. The van der Waals surface area contributed by atoms with Crippen LogP contribution in [-0.2, 0) is 14.8 Å². The zero-order chi connectivity index (χ0) is 20.9. The van der Waals surface area contributed by atoms with Gasteiger partial charge in [0, 0.05) is 36.9 Å². The van der Waals surface area contributed by atoms with Crippen LogP contribution in [0.2, 0.25) is 0 Å². The number of benzene rings is 2. The summed E-state index contributed by atoms with van der Waals surface area (Å²) in [6.07, 6.45) is 1.84. The van der Waals surface area contributed by atoms with Crippen LogP contribution in [0, 0.1) is 0 Å². The Bertz CT molecular complexity index is 919. The van der Waals surface area contributed by atoms with Crippen molar-refractivity contribution in [2.45, 2.75) is 37.1 Å². The Hall–Kier alpha value is -2.58. The number of methoxy groups -OCH3 is 1. The summed E-state index contributed by atoms with van der Waals surface area (Å²) >= 11 is 0. The lowest BCUT2D eigenvalue weighted by Gasteiger charge is -2.33. The van der Waals surface area contributed by atoms with E-state index in [-0.39, 0.29) is 16.8 Å². The second-order valence-corrected chi connectivity index (χ2v) is 8.72. The van der Waals surface area contributed by atoms with E-state index in [9.17, 15) is 13.2 Å². The van der Waals surface area contributed by atoms with Crippen molar-refractivity contribution in [2.24, 2.45) is 0 Å². The van der Waals surface area contributed by atoms with Gasteiger partial charge in [-0.3, -0.25) is 4.79 Å². The molecule has 2 N–H and O–H groups in total. The smallest absolute Gasteiger partial charge is 0.240 e. The standard InChI is InChI=1S/C21H27N3O4S/c1-3-21(25)22-16-4-10-20(11-5-16)29(26,27)23-17-12-14-24(15-13-17)18-6-8-19(28-2)9-7-18/h4-11,17,23H,3,12-15H2,1-2H3,(H,22,25). The lowest BCUT2D eigenvalue weighted by Crippen LogP contribution is -2.44. The highest BCUT2D eigenvalue weighted by atomic mass is 32.2. The Morgan fingerprint density at radius 2 is 1.69 bits per heavy atom. The van der Waals surface area contributed by atoms with Gasteiger partial charge in [-0.15, -0.1) is 0 Å². The number of carbonyl (C=O) groups excluding carboxylic acids is 1. The maximum Gasteiger partial charge on any atom is 0.240 e. The number of ether oxygens (including phenoxy) is 1. The number of piperidine rings is 1. The fraction of sp³-hybridized carbons (Fsp3) is 0.381. The molecule has 0 atom stereocenters. The van der Waals surface area contributed by atoms with E-state index in [2.05, 4.69) is 14.9 Å². The summed E-state index contributed by atoms with van der Waals surface area (Å²) < 4.78 is 33.4. The Balaban J connectivity index is 1.56. The van der Waals surface area contributed by atoms with Crippen molar-refractivity contribution in [3.8, 4) is 5.75 Å². The molecule has 0 aromatic heterocycles. The molecule has 1 aliphatic heterocycles. The van der Waals surface area contributed by atoms with Gasteiger partial charge < -0.3 is 15.0 Å². The first-order chi connectivity index (χ1) is 13.9. The molecule has 0 aliphatic carbocycles. The maximum absolute atomic E-state index is 12.7. The normalized spacial score (nSPS) is 15.2. The highest BCUT2D eigenvalue weighted by Gasteiger charge is 2.25. The van der Waals surface area contributed by atoms with E-state index < -0.39 is 10.0 Å². The minimum atomic E-state index is -3.60. The van der Waals surface area contributed by atoms with Crippen LogP contribution in [0.25, 0.3) is 0 Å². The first kappa shape index (κ1) is 21.1. The first-order valence-electron chi connectivity index (χ1n) is 9.72. The van der Waals surface area contributed by atoms with Gasteiger partial charge in [0.25, 0.3) is 0 Å². The summed E-state index contributed by atoms with van der Waals surface area (Å²) in [4.78, 5) is 13.9. The molecule has 3 rings (SSSR count). The molecule has 0 radical (unpaired) electrons. The number of anilines is 2. The molecule has 29 heavy (non-hydrogen) atoms. The van der Waals surface area contributed by atoms with Gasteiger partial charge in [-0.2, -0.15) is 0 Å². The molecular formula is C21H27N3O4S. The molecule has 156 valence electrons. The van der Waals surface area contributed by atoms with Crippen molar-refractivity contribution in [2.75, 3.05) is 30.4 Å². The van der Waals surface area contributed by atoms with E-state index >= 15 is 0 Å². The fourth-order valence-electron chi connectivity index (χ4n) is 3.30. The van der Waals surface area contributed by atoms with Gasteiger partial charge in [0.05, 0.1) is 12.0 Å². The minimum absolute atomic E-state index is 0.103. The topological polar surface area (TPSA) is 87.7 Å². The fourth-order valence-corrected chi connectivity index (χ4v) is 4.61. The Morgan fingerprint density at radius 1 is 1.07 bits per heavy atom. The molecule has 1 saturated heterocycles. The Labute approximate surface area is 172 Å². The van der Waals surface area contributed by atoms with Crippen LogP contribution < -0.4 is 19.7 Å². The number of rotatable bonds is 7. The minimum Gasteiger partial charge on any atom is -0.497 e. The maximum atomic E-state index is 12.7. The van der Waals surface area contributed by atoms with E-state index in [1.807, 2.05) is 24.3 Å². The third kappa shape index (κ3) is 5.48. The average molecular weight is 418 g/mol. The van der Waals surface area contributed by atoms with Gasteiger partial charge in [-0.25, -0.2) is 13.1 Å². The van der Waals surface area contributed by atoms with Gasteiger partial charge in [-0.1, -0.05) is 6.92 Å². The van der Waals surface area contributed by atoms with Gasteiger partial charge in [0.2, 0.25) is 15.9 Å². The van der Waals surface area contributed by atoms with Crippen LogP contribution in [0.15, 0.2) is 53.4 Å². The average Bonchev–Trinajstić information content (AvgIpc) is 2.74. The predicted molar refractivity (Wildman–Crippen MR) is 114 cm³/mol. The van der Waals surface area contributed by atoms with Gasteiger partial charge in [0.1, 0.15) is 5.75 Å². The molecule has 2 aromatic rings. The van der Waals surface area contributed by atoms with Crippen molar-refractivity contribution >= 4 is 27.3 Å². The molecule has 0 saturated carbocycles. The van der Waals surface area contributed by atoms with E-state index in [0.717, 1.165) is 37.4 Å². The number of hydrogen-bond acceptors (Lipinski definition) is 5. The van der Waals surface area contributed by atoms with Crippen molar-refractivity contribution in [1.29, 1.82) is 0 Å². The second-order valence-electron chi connectivity index (χ2n) is 7.01. The number of carbonyl (C=O) groups is 1. The highest BCUT2D eigenvalue weighted by molar-refractivity contribution is 7.89. The van der Waals surface area contributed by atoms with Crippen LogP contribution in [0.3, 0.4) is 0 Å². The molecule has 1 amide bonds. The summed E-state index contributed by atoms with van der Waals surface area (Å²) in [5.41, 5.74) is 1.69. The Morgan fingerprint density at radius 3 is 2.24 bits per heavy atom. The van der Waals surface area contributed by atoms with Crippen LogP contribution in [0.1, 0.15) is 26.2 Å². The number of hydrogen-bond donors (Lipinski definition) is 2. The second kappa shape index (κ2) is 9.28.